The zero-order valence-corrected chi connectivity index (χ0v) is 36.8. The fourth-order valence-electron chi connectivity index (χ4n) is 5.39. The molecular weight excluding hydrogens is 645 g/mol. The highest BCUT2D eigenvalue weighted by Gasteiger charge is 2.43. The van der Waals surface area contributed by atoms with Crippen LogP contribution >= 0.6 is 0 Å². The molecule has 0 saturated heterocycles. The molecule has 0 atom stereocenters. The van der Waals surface area contributed by atoms with Crippen LogP contribution in [0, 0.1) is 0 Å². The van der Waals surface area contributed by atoms with Crippen molar-refractivity contribution in [3.05, 3.63) is 0 Å². The van der Waals surface area contributed by atoms with Gasteiger partial charge in [-0.1, -0.05) is 0 Å². The summed E-state index contributed by atoms with van der Waals surface area (Å²) in [4.78, 5) is 19.9. The van der Waals surface area contributed by atoms with Crippen LogP contribution in [0.15, 0.2) is 15.0 Å². The molecule has 0 aromatic rings. The van der Waals surface area contributed by atoms with E-state index in [1.54, 1.807) is 0 Å². The first-order valence-electron chi connectivity index (χ1n) is 19.7. The largest absolute Gasteiger partial charge is 0.501 e. The molecule has 0 unspecified atom stereocenters. The molecule has 0 aliphatic carbocycles. The van der Waals surface area contributed by atoms with Crippen molar-refractivity contribution >= 4 is 26.6 Å². The Morgan fingerprint density at radius 1 is 0.480 bits per heavy atom. The van der Waals surface area contributed by atoms with E-state index in [0.717, 1.165) is 69.2 Å². The first kappa shape index (κ1) is 48.1. The Bertz CT molecular complexity index is 955. The number of hydrogen-bond acceptors (Lipinski definition) is 6. The summed E-state index contributed by atoms with van der Waals surface area (Å²) in [6.07, 6.45) is 2.73. The van der Waals surface area contributed by atoms with Crippen LogP contribution < -0.4 is 16.0 Å². The van der Waals surface area contributed by atoms with Crippen molar-refractivity contribution in [2.45, 2.75) is 204 Å². The van der Waals surface area contributed by atoms with Crippen molar-refractivity contribution in [2.24, 2.45) is 15.0 Å². The van der Waals surface area contributed by atoms with Gasteiger partial charge in [0.25, 0.3) is 0 Å². The van der Waals surface area contributed by atoms with Crippen molar-refractivity contribution < 1.29 is 13.3 Å². The fraction of sp³-hybridized carbons (Fsp3) is 0.921. The monoisotopic (exact) mass is 727 g/mol. The minimum atomic E-state index is -2.95. The number of aliphatic imine (C=N–C) groups is 3. The molecule has 0 spiro atoms. The van der Waals surface area contributed by atoms with Crippen LogP contribution in [-0.2, 0) is 13.3 Å². The first-order chi connectivity index (χ1) is 23.1. The molecule has 0 aliphatic rings. The lowest BCUT2D eigenvalue weighted by Gasteiger charge is -2.36. The Morgan fingerprint density at radius 3 is 1.16 bits per heavy atom. The molecule has 0 aromatic heterocycles. The molecule has 12 heteroatoms. The third kappa shape index (κ3) is 23.6. The zero-order valence-electron chi connectivity index (χ0n) is 35.8. The molecular formula is C38H82N8O3Si. The van der Waals surface area contributed by atoms with E-state index >= 15 is 0 Å². The molecule has 50 heavy (non-hydrogen) atoms. The zero-order chi connectivity index (χ0) is 38.6. The second kappa shape index (κ2) is 25.1. The van der Waals surface area contributed by atoms with Gasteiger partial charge < -0.3 is 39.0 Å². The number of hydrogen-bond donors (Lipinski definition) is 3. The maximum atomic E-state index is 6.53. The van der Waals surface area contributed by atoms with Crippen molar-refractivity contribution in [1.29, 1.82) is 0 Å². The average molecular weight is 727 g/mol. The Morgan fingerprint density at radius 2 is 0.840 bits per heavy atom. The molecule has 296 valence electrons. The summed E-state index contributed by atoms with van der Waals surface area (Å²) < 4.78 is 19.6. The van der Waals surface area contributed by atoms with Crippen LogP contribution in [-0.4, -0.2) is 117 Å². The predicted octanol–water partition coefficient (Wildman–Crippen LogP) is 7.30. The van der Waals surface area contributed by atoms with Crippen LogP contribution in [0.3, 0.4) is 0 Å². The van der Waals surface area contributed by atoms with Gasteiger partial charge in [0.1, 0.15) is 0 Å². The van der Waals surface area contributed by atoms with Gasteiger partial charge >= 0.3 is 8.80 Å². The van der Waals surface area contributed by atoms with E-state index in [0.29, 0.717) is 6.04 Å². The van der Waals surface area contributed by atoms with E-state index in [4.69, 9.17) is 28.3 Å². The number of nitrogens with zero attached hydrogens (tertiary/aromatic N) is 5. The fourth-order valence-corrected chi connectivity index (χ4v) is 8.66. The highest BCUT2D eigenvalue weighted by Crippen LogP contribution is 2.24. The smallest absolute Gasteiger partial charge is 0.372 e. The van der Waals surface area contributed by atoms with Gasteiger partial charge in [-0.25, -0.2) is 0 Å². The minimum Gasteiger partial charge on any atom is -0.372 e. The van der Waals surface area contributed by atoms with Crippen LogP contribution in [0.5, 0.6) is 0 Å². The van der Waals surface area contributed by atoms with Crippen LogP contribution in [0.25, 0.3) is 0 Å². The lowest BCUT2D eigenvalue weighted by molar-refractivity contribution is 0.00263. The van der Waals surface area contributed by atoms with Crippen LogP contribution in [0.1, 0.15) is 144 Å². The highest BCUT2D eigenvalue weighted by molar-refractivity contribution is 6.60. The molecule has 0 aromatic carbocycles. The molecule has 0 saturated carbocycles. The normalized spacial score (nSPS) is 13.9. The summed E-state index contributed by atoms with van der Waals surface area (Å²) in [5.74, 6) is 2.95. The van der Waals surface area contributed by atoms with E-state index in [2.05, 4.69) is 150 Å². The Labute approximate surface area is 310 Å². The summed E-state index contributed by atoms with van der Waals surface area (Å²) in [6.45, 7) is 41.4. The van der Waals surface area contributed by atoms with E-state index < -0.39 is 8.80 Å². The predicted molar refractivity (Wildman–Crippen MR) is 219 cm³/mol. The van der Waals surface area contributed by atoms with Gasteiger partial charge in [-0.05, 0) is 137 Å². The molecule has 0 rings (SSSR count). The van der Waals surface area contributed by atoms with Crippen molar-refractivity contribution in [3.8, 4) is 0 Å². The number of amidine groups is 1. The van der Waals surface area contributed by atoms with Crippen LogP contribution in [0.4, 0.5) is 0 Å². The molecule has 0 bridgehead atoms. The Kier molecular flexibility index (Phi) is 24.2. The highest BCUT2D eigenvalue weighted by atomic mass is 28.4. The van der Waals surface area contributed by atoms with Gasteiger partial charge in [0.05, 0.1) is 5.84 Å². The molecule has 0 heterocycles. The maximum Gasteiger partial charge on any atom is 0.501 e. The second-order valence-corrected chi connectivity index (χ2v) is 18.6. The third-order valence-electron chi connectivity index (χ3n) is 6.70. The topological polar surface area (TPSA) is 107 Å². The van der Waals surface area contributed by atoms with Crippen LogP contribution in [0.2, 0.25) is 6.04 Å². The molecule has 0 aliphatic heterocycles. The van der Waals surface area contributed by atoms with Gasteiger partial charge in [0, 0.05) is 93.2 Å². The van der Waals surface area contributed by atoms with Gasteiger partial charge in [-0.3, -0.25) is 15.0 Å². The molecule has 0 amide bonds. The average Bonchev–Trinajstić information content (AvgIpc) is 2.90. The molecule has 0 radical (unpaired) electrons. The lowest BCUT2D eigenvalue weighted by atomic mass is 10.2. The standard InChI is InChI=1S/C38H82N8O3Si/c1-27(2)39-36(40-28(3)4)21-19-22-45(37(41-29(5)6)42-30(7)8)24-25-46(38(43-31(9)10)44-32(11)12)23-20-26-50(47-33(13)14,48-34(15)16)49-35(17)18/h27-35H,19-26H2,1-18H3,(H,39,40)(H,41,42)(H,43,44). The van der Waals surface area contributed by atoms with E-state index in [1.807, 2.05) is 0 Å². The minimum absolute atomic E-state index is 0.0125. The summed E-state index contributed by atoms with van der Waals surface area (Å²) in [5, 5.41) is 10.9. The summed E-state index contributed by atoms with van der Waals surface area (Å²) in [5.41, 5.74) is 0. The molecule has 0 fully saturated rings. The number of nitrogens with one attached hydrogen (secondary N) is 3. The summed E-state index contributed by atoms with van der Waals surface area (Å²) in [6, 6.07) is 2.13. The quantitative estimate of drug-likeness (QED) is 0.0572. The molecule has 11 nitrogen and oxygen atoms in total. The SMILES string of the molecule is CC(C)N=C(CCCN(CCN(CCC[Si](OC(C)C)(OC(C)C)OC(C)C)C(=NC(C)C)NC(C)C)C(=NC(C)C)NC(C)C)NC(C)C. The van der Waals surface area contributed by atoms with Crippen molar-refractivity contribution in [2.75, 3.05) is 26.2 Å². The number of guanidine groups is 2. The Hall–Kier alpha value is -1.89. The Balaban J connectivity index is 6.58. The van der Waals surface area contributed by atoms with Gasteiger partial charge in [0.15, 0.2) is 11.9 Å². The maximum absolute atomic E-state index is 6.53. The van der Waals surface area contributed by atoms with Gasteiger partial charge in [-0.15, -0.1) is 0 Å². The van der Waals surface area contributed by atoms with Crippen molar-refractivity contribution in [3.63, 3.8) is 0 Å². The van der Waals surface area contributed by atoms with E-state index in [9.17, 15) is 0 Å². The lowest BCUT2D eigenvalue weighted by Crippen LogP contribution is -2.53. The summed E-state index contributed by atoms with van der Waals surface area (Å²) in [7, 11) is -2.95. The van der Waals surface area contributed by atoms with Gasteiger partial charge in [0.2, 0.25) is 0 Å². The van der Waals surface area contributed by atoms with E-state index in [1.165, 1.54) is 0 Å². The summed E-state index contributed by atoms with van der Waals surface area (Å²) >= 11 is 0. The third-order valence-corrected chi connectivity index (χ3v) is 10.2. The molecule has 3 N–H and O–H groups in total. The van der Waals surface area contributed by atoms with Crippen molar-refractivity contribution in [1.82, 2.24) is 25.8 Å². The van der Waals surface area contributed by atoms with Gasteiger partial charge in [-0.2, -0.15) is 0 Å². The van der Waals surface area contributed by atoms with E-state index in [-0.39, 0.29) is 48.5 Å². The first-order valence-corrected chi connectivity index (χ1v) is 21.6. The number of rotatable bonds is 23. The second-order valence-electron chi connectivity index (χ2n) is 16.0.